The molecule has 4 heteroatoms. The first-order valence-corrected chi connectivity index (χ1v) is 7.37. The standard InChI is InChI=1S/2C6H10O.C2H6O2/c2*1-2-4-6-5(3-1)7-6;3-1-2-4/h2*5-6H,1-4H2;3-4H,1-2H2. The minimum atomic E-state index is -0.125. The molecule has 2 aliphatic heterocycles. The molecule has 0 radical (unpaired) electrons. The van der Waals surface area contributed by atoms with E-state index < -0.39 is 0 Å². The molecule has 0 aromatic rings. The Morgan fingerprint density at radius 2 is 0.889 bits per heavy atom. The molecular formula is C14H26O4. The van der Waals surface area contributed by atoms with Crippen LogP contribution in [0, 0.1) is 0 Å². The summed E-state index contributed by atoms with van der Waals surface area (Å²) in [5.41, 5.74) is 0. The topological polar surface area (TPSA) is 65.5 Å². The predicted octanol–water partition coefficient (Wildman–Crippen LogP) is 1.63. The monoisotopic (exact) mass is 258 g/mol. The van der Waals surface area contributed by atoms with Gasteiger partial charge in [0.05, 0.1) is 37.6 Å². The summed E-state index contributed by atoms with van der Waals surface area (Å²) in [5, 5.41) is 15.2. The summed E-state index contributed by atoms with van der Waals surface area (Å²) < 4.78 is 10.6. The van der Waals surface area contributed by atoms with E-state index in [4.69, 9.17) is 19.7 Å². The van der Waals surface area contributed by atoms with Gasteiger partial charge in [0.2, 0.25) is 0 Å². The second-order valence-corrected chi connectivity index (χ2v) is 5.44. The van der Waals surface area contributed by atoms with Crippen molar-refractivity contribution in [2.45, 2.75) is 75.8 Å². The Morgan fingerprint density at radius 1 is 0.611 bits per heavy atom. The molecule has 2 N–H and O–H groups in total. The Bertz CT molecular complexity index is 190. The predicted molar refractivity (Wildman–Crippen MR) is 68.4 cm³/mol. The maximum atomic E-state index is 7.62. The summed E-state index contributed by atoms with van der Waals surface area (Å²) >= 11 is 0. The fourth-order valence-corrected chi connectivity index (χ4v) is 2.76. The summed E-state index contributed by atoms with van der Waals surface area (Å²) in [6.07, 6.45) is 13.8. The molecule has 4 fully saturated rings. The second kappa shape index (κ2) is 7.43. The second-order valence-electron chi connectivity index (χ2n) is 5.44. The number of hydrogen-bond donors (Lipinski definition) is 2. The third kappa shape index (κ3) is 4.84. The van der Waals surface area contributed by atoms with Crippen LogP contribution in [0.2, 0.25) is 0 Å². The number of aliphatic hydroxyl groups is 2. The fraction of sp³-hybridized carbons (Fsp3) is 1.00. The van der Waals surface area contributed by atoms with Crippen LogP contribution < -0.4 is 0 Å². The van der Waals surface area contributed by atoms with Gasteiger partial charge in [-0.2, -0.15) is 0 Å². The van der Waals surface area contributed by atoms with Crippen LogP contribution in [-0.4, -0.2) is 47.8 Å². The highest BCUT2D eigenvalue weighted by atomic mass is 16.6. The highest BCUT2D eigenvalue weighted by Gasteiger charge is 2.40. The summed E-state index contributed by atoms with van der Waals surface area (Å²) in [6, 6.07) is 0. The van der Waals surface area contributed by atoms with Crippen LogP contribution in [0.3, 0.4) is 0 Å². The molecule has 0 spiro atoms. The van der Waals surface area contributed by atoms with Crippen molar-refractivity contribution >= 4 is 0 Å². The van der Waals surface area contributed by atoms with Crippen LogP contribution in [0.5, 0.6) is 0 Å². The van der Waals surface area contributed by atoms with Gasteiger partial charge in [0, 0.05) is 0 Å². The molecule has 4 rings (SSSR count). The van der Waals surface area contributed by atoms with E-state index in [0.29, 0.717) is 24.4 Å². The van der Waals surface area contributed by atoms with Crippen molar-refractivity contribution in [2.24, 2.45) is 0 Å². The van der Waals surface area contributed by atoms with E-state index in [1.54, 1.807) is 0 Å². The van der Waals surface area contributed by atoms with E-state index in [-0.39, 0.29) is 13.2 Å². The first-order valence-electron chi connectivity index (χ1n) is 7.37. The highest BCUT2D eigenvalue weighted by Crippen LogP contribution is 2.36. The molecule has 2 saturated carbocycles. The Kier molecular flexibility index (Phi) is 5.89. The van der Waals surface area contributed by atoms with Gasteiger partial charge in [-0.25, -0.2) is 0 Å². The van der Waals surface area contributed by atoms with Crippen LogP contribution in [0.25, 0.3) is 0 Å². The Labute approximate surface area is 109 Å². The lowest BCUT2D eigenvalue weighted by Crippen LogP contribution is -2.00. The maximum Gasteiger partial charge on any atom is 0.0841 e. The van der Waals surface area contributed by atoms with Crippen molar-refractivity contribution in [1.82, 2.24) is 0 Å². The van der Waals surface area contributed by atoms with Crippen LogP contribution in [0.4, 0.5) is 0 Å². The van der Waals surface area contributed by atoms with E-state index in [1.165, 1.54) is 51.4 Å². The molecule has 0 aromatic carbocycles. The van der Waals surface area contributed by atoms with Gasteiger partial charge in [0.1, 0.15) is 0 Å². The van der Waals surface area contributed by atoms with Gasteiger partial charge in [0.15, 0.2) is 0 Å². The van der Waals surface area contributed by atoms with Crippen LogP contribution >= 0.6 is 0 Å². The molecule has 4 aliphatic rings. The molecule has 4 unspecified atom stereocenters. The normalized spacial score (nSPS) is 39.0. The van der Waals surface area contributed by atoms with Gasteiger partial charge in [-0.05, 0) is 25.7 Å². The van der Waals surface area contributed by atoms with Crippen LogP contribution in [0.15, 0.2) is 0 Å². The molecule has 0 aromatic heterocycles. The van der Waals surface area contributed by atoms with Crippen molar-refractivity contribution in [2.75, 3.05) is 13.2 Å². The average molecular weight is 258 g/mol. The van der Waals surface area contributed by atoms with Gasteiger partial charge in [-0.15, -0.1) is 0 Å². The minimum Gasteiger partial charge on any atom is -0.394 e. The smallest absolute Gasteiger partial charge is 0.0841 e. The molecule has 106 valence electrons. The lowest BCUT2D eigenvalue weighted by Gasteiger charge is -2.00. The quantitative estimate of drug-likeness (QED) is 0.702. The molecule has 2 heterocycles. The third-order valence-corrected chi connectivity index (χ3v) is 3.93. The van der Waals surface area contributed by atoms with Gasteiger partial charge in [0.25, 0.3) is 0 Å². The molecule has 4 nitrogen and oxygen atoms in total. The number of aliphatic hydroxyl groups excluding tert-OH is 2. The zero-order chi connectivity index (χ0) is 12.8. The van der Waals surface area contributed by atoms with Gasteiger partial charge in [-0.3, -0.25) is 0 Å². The fourth-order valence-electron chi connectivity index (χ4n) is 2.76. The van der Waals surface area contributed by atoms with Crippen molar-refractivity contribution in [3.63, 3.8) is 0 Å². The highest BCUT2D eigenvalue weighted by molar-refractivity contribution is 4.88. The molecule has 0 amide bonds. The van der Waals surface area contributed by atoms with Crippen LogP contribution in [-0.2, 0) is 9.47 Å². The lowest BCUT2D eigenvalue weighted by atomic mass is 10.0. The van der Waals surface area contributed by atoms with Crippen molar-refractivity contribution in [1.29, 1.82) is 0 Å². The number of ether oxygens (including phenoxy) is 2. The molecular weight excluding hydrogens is 232 g/mol. The molecule has 0 bridgehead atoms. The number of epoxide rings is 2. The zero-order valence-electron chi connectivity index (χ0n) is 11.1. The zero-order valence-corrected chi connectivity index (χ0v) is 11.1. The minimum absolute atomic E-state index is 0.125. The molecule has 18 heavy (non-hydrogen) atoms. The first-order chi connectivity index (χ1) is 8.85. The van der Waals surface area contributed by atoms with Gasteiger partial charge in [-0.1, -0.05) is 25.7 Å². The largest absolute Gasteiger partial charge is 0.394 e. The van der Waals surface area contributed by atoms with Gasteiger partial charge < -0.3 is 19.7 Å². The number of fused-ring (bicyclic) bond motifs is 2. The van der Waals surface area contributed by atoms with E-state index in [9.17, 15) is 0 Å². The Balaban J connectivity index is 0.000000106. The summed E-state index contributed by atoms with van der Waals surface area (Å²) in [5.74, 6) is 0. The molecule has 2 saturated heterocycles. The third-order valence-electron chi connectivity index (χ3n) is 3.93. The average Bonchev–Trinajstić information content (AvgIpc) is 3.31. The summed E-state index contributed by atoms with van der Waals surface area (Å²) in [6.45, 7) is -0.250. The lowest BCUT2D eigenvalue weighted by molar-refractivity contribution is 0.186. The number of rotatable bonds is 1. The van der Waals surface area contributed by atoms with Crippen molar-refractivity contribution in [3.05, 3.63) is 0 Å². The Morgan fingerprint density at radius 3 is 1.06 bits per heavy atom. The SMILES string of the molecule is C1CCC2OC2C1.C1CCC2OC2C1.OCCO. The van der Waals surface area contributed by atoms with Crippen LogP contribution in [0.1, 0.15) is 51.4 Å². The van der Waals surface area contributed by atoms with E-state index in [0.717, 1.165) is 0 Å². The molecule has 4 atom stereocenters. The van der Waals surface area contributed by atoms with E-state index in [2.05, 4.69) is 0 Å². The van der Waals surface area contributed by atoms with Gasteiger partial charge >= 0.3 is 0 Å². The molecule has 2 aliphatic carbocycles. The van der Waals surface area contributed by atoms with E-state index in [1.807, 2.05) is 0 Å². The maximum absolute atomic E-state index is 7.62. The van der Waals surface area contributed by atoms with E-state index >= 15 is 0 Å². The summed E-state index contributed by atoms with van der Waals surface area (Å²) in [4.78, 5) is 0. The number of hydrogen-bond acceptors (Lipinski definition) is 4. The first kappa shape index (κ1) is 14.3. The summed E-state index contributed by atoms with van der Waals surface area (Å²) in [7, 11) is 0. The van der Waals surface area contributed by atoms with Crippen molar-refractivity contribution < 1.29 is 19.7 Å². The van der Waals surface area contributed by atoms with Crippen molar-refractivity contribution in [3.8, 4) is 0 Å². The Hall–Kier alpha value is -0.160.